The Kier molecular flexibility index (Phi) is 9.02. The van der Waals surface area contributed by atoms with Gasteiger partial charge >= 0.3 is 0 Å². The molecule has 0 fully saturated rings. The molecule has 19 heavy (non-hydrogen) atoms. The Hall–Kier alpha value is -0.470. The molecule has 0 saturated heterocycles. The van der Waals surface area contributed by atoms with Gasteiger partial charge in [-0.05, 0) is 23.7 Å². The minimum absolute atomic E-state index is 0.410. The van der Waals surface area contributed by atoms with Gasteiger partial charge in [0.25, 0.3) is 0 Å². The highest BCUT2D eigenvalue weighted by Crippen LogP contribution is 2.19. The maximum Gasteiger partial charge on any atom is 0.0542 e. The number of thiol groups is 1. The predicted octanol–water partition coefficient (Wildman–Crippen LogP) is 4.93. The summed E-state index contributed by atoms with van der Waals surface area (Å²) in [6.07, 6.45) is 5.11. The van der Waals surface area contributed by atoms with Crippen LogP contribution in [0.4, 0.5) is 0 Å². The van der Waals surface area contributed by atoms with Gasteiger partial charge in [0, 0.05) is 12.5 Å². The largest absolute Gasteiger partial charge is 0.380 e. The van der Waals surface area contributed by atoms with Crippen LogP contribution in [0.2, 0.25) is 0 Å². The standard InChI is InChI=1S/C17H28OS/c1-3-5-9-15(4-2)12-18-13-17(14-19)16-10-7-6-8-11-16/h6-8,10-11,15,17,19H,3-5,9,12-14H2,1-2H3. The normalized spacial score (nSPS) is 14.3. The minimum atomic E-state index is 0.410. The second kappa shape index (κ2) is 10.3. The Morgan fingerprint density at radius 1 is 1.11 bits per heavy atom. The first-order valence-corrected chi connectivity index (χ1v) is 8.18. The van der Waals surface area contributed by atoms with E-state index in [1.165, 1.54) is 31.2 Å². The van der Waals surface area contributed by atoms with E-state index in [0.29, 0.717) is 5.92 Å². The molecule has 2 unspecified atom stereocenters. The Morgan fingerprint density at radius 2 is 1.84 bits per heavy atom. The van der Waals surface area contributed by atoms with Crippen LogP contribution in [0.3, 0.4) is 0 Å². The lowest BCUT2D eigenvalue weighted by Crippen LogP contribution is -2.15. The number of unbranched alkanes of at least 4 members (excludes halogenated alkanes) is 1. The average molecular weight is 280 g/mol. The summed E-state index contributed by atoms with van der Waals surface area (Å²) in [6.45, 7) is 6.20. The summed E-state index contributed by atoms with van der Waals surface area (Å²) < 4.78 is 5.94. The first-order chi connectivity index (χ1) is 9.31. The fourth-order valence-electron chi connectivity index (χ4n) is 2.25. The van der Waals surface area contributed by atoms with Crippen LogP contribution in [0.15, 0.2) is 30.3 Å². The molecule has 0 aliphatic carbocycles. The van der Waals surface area contributed by atoms with Crippen LogP contribution in [-0.2, 0) is 4.74 Å². The summed E-state index contributed by atoms with van der Waals surface area (Å²) in [4.78, 5) is 0. The van der Waals surface area contributed by atoms with Gasteiger partial charge in [0.2, 0.25) is 0 Å². The van der Waals surface area contributed by atoms with Gasteiger partial charge in [-0.1, -0.05) is 63.4 Å². The van der Waals surface area contributed by atoms with Crippen molar-refractivity contribution in [1.29, 1.82) is 0 Å². The van der Waals surface area contributed by atoms with E-state index >= 15 is 0 Å². The molecule has 0 radical (unpaired) electrons. The van der Waals surface area contributed by atoms with Crippen molar-refractivity contribution in [3.8, 4) is 0 Å². The fraction of sp³-hybridized carbons (Fsp3) is 0.647. The van der Waals surface area contributed by atoms with Gasteiger partial charge in [0.05, 0.1) is 6.61 Å². The molecule has 1 rings (SSSR count). The van der Waals surface area contributed by atoms with E-state index in [-0.39, 0.29) is 0 Å². The highest BCUT2D eigenvalue weighted by Gasteiger charge is 2.11. The number of rotatable bonds is 10. The van der Waals surface area contributed by atoms with Crippen molar-refractivity contribution in [1.82, 2.24) is 0 Å². The maximum atomic E-state index is 5.94. The third-order valence-electron chi connectivity index (χ3n) is 3.71. The fourth-order valence-corrected chi connectivity index (χ4v) is 2.57. The first kappa shape index (κ1) is 16.6. The Labute approximate surface area is 124 Å². The molecule has 108 valence electrons. The molecule has 1 nitrogen and oxygen atoms in total. The van der Waals surface area contributed by atoms with E-state index < -0.39 is 0 Å². The van der Waals surface area contributed by atoms with Crippen molar-refractivity contribution in [2.75, 3.05) is 19.0 Å². The van der Waals surface area contributed by atoms with Crippen molar-refractivity contribution >= 4 is 12.6 Å². The third-order valence-corrected chi connectivity index (χ3v) is 4.15. The summed E-state index contributed by atoms with van der Waals surface area (Å²) >= 11 is 4.45. The second-order valence-corrected chi connectivity index (χ2v) is 5.61. The molecule has 2 heteroatoms. The van der Waals surface area contributed by atoms with E-state index in [2.05, 4.69) is 56.8 Å². The summed E-state index contributed by atoms with van der Waals surface area (Å²) in [5.41, 5.74) is 1.33. The van der Waals surface area contributed by atoms with Gasteiger partial charge in [-0.3, -0.25) is 0 Å². The molecular weight excluding hydrogens is 252 g/mol. The molecule has 1 aromatic rings. The third kappa shape index (κ3) is 6.49. The zero-order chi connectivity index (χ0) is 13.9. The summed E-state index contributed by atoms with van der Waals surface area (Å²) in [5.74, 6) is 1.97. The van der Waals surface area contributed by atoms with E-state index in [1.807, 2.05) is 0 Å². The first-order valence-electron chi connectivity index (χ1n) is 7.55. The van der Waals surface area contributed by atoms with Crippen LogP contribution < -0.4 is 0 Å². The predicted molar refractivity (Wildman–Crippen MR) is 87.2 cm³/mol. The molecule has 1 aromatic carbocycles. The Morgan fingerprint density at radius 3 is 2.42 bits per heavy atom. The Bertz CT molecular complexity index is 312. The van der Waals surface area contributed by atoms with Gasteiger partial charge in [-0.2, -0.15) is 12.6 Å². The van der Waals surface area contributed by atoms with Crippen molar-refractivity contribution < 1.29 is 4.74 Å². The van der Waals surface area contributed by atoms with E-state index in [4.69, 9.17) is 4.74 Å². The minimum Gasteiger partial charge on any atom is -0.380 e. The van der Waals surface area contributed by atoms with Crippen molar-refractivity contribution in [2.24, 2.45) is 5.92 Å². The number of hydrogen-bond donors (Lipinski definition) is 1. The summed E-state index contributed by atoms with van der Waals surface area (Å²) in [7, 11) is 0. The van der Waals surface area contributed by atoms with Crippen molar-refractivity contribution in [3.63, 3.8) is 0 Å². The van der Waals surface area contributed by atoms with Crippen LogP contribution in [0.5, 0.6) is 0 Å². The molecule has 0 aromatic heterocycles. The lowest BCUT2D eigenvalue weighted by Gasteiger charge is -2.19. The maximum absolute atomic E-state index is 5.94. The van der Waals surface area contributed by atoms with Gasteiger partial charge < -0.3 is 4.74 Å². The molecule has 2 atom stereocenters. The van der Waals surface area contributed by atoms with E-state index in [1.54, 1.807) is 0 Å². The molecule has 0 aliphatic rings. The molecule has 0 saturated carbocycles. The van der Waals surface area contributed by atoms with Gasteiger partial charge in [0.1, 0.15) is 0 Å². The van der Waals surface area contributed by atoms with Crippen LogP contribution in [-0.4, -0.2) is 19.0 Å². The monoisotopic (exact) mass is 280 g/mol. The molecule has 0 N–H and O–H groups in total. The van der Waals surface area contributed by atoms with Gasteiger partial charge in [-0.15, -0.1) is 0 Å². The highest BCUT2D eigenvalue weighted by molar-refractivity contribution is 7.80. The van der Waals surface area contributed by atoms with E-state index in [9.17, 15) is 0 Å². The quantitative estimate of drug-likeness (QED) is 0.598. The van der Waals surface area contributed by atoms with Gasteiger partial charge in [0.15, 0.2) is 0 Å². The number of benzene rings is 1. The zero-order valence-corrected chi connectivity index (χ0v) is 13.2. The van der Waals surface area contributed by atoms with Gasteiger partial charge in [-0.25, -0.2) is 0 Å². The Balaban J connectivity index is 2.33. The smallest absolute Gasteiger partial charge is 0.0542 e. The van der Waals surface area contributed by atoms with Crippen LogP contribution in [0, 0.1) is 5.92 Å². The zero-order valence-electron chi connectivity index (χ0n) is 12.3. The highest BCUT2D eigenvalue weighted by atomic mass is 32.1. The van der Waals surface area contributed by atoms with Crippen LogP contribution >= 0.6 is 12.6 Å². The van der Waals surface area contributed by atoms with Crippen molar-refractivity contribution in [3.05, 3.63) is 35.9 Å². The van der Waals surface area contributed by atoms with Crippen LogP contribution in [0.25, 0.3) is 0 Å². The average Bonchev–Trinajstić information content (AvgIpc) is 2.47. The molecule has 0 amide bonds. The van der Waals surface area contributed by atoms with Crippen molar-refractivity contribution in [2.45, 2.75) is 45.4 Å². The lowest BCUT2D eigenvalue weighted by molar-refractivity contribution is 0.0864. The molecule has 0 bridgehead atoms. The molecule has 0 aliphatic heterocycles. The lowest BCUT2D eigenvalue weighted by atomic mass is 10.00. The topological polar surface area (TPSA) is 9.23 Å². The number of ether oxygens (including phenoxy) is 1. The number of hydrogen-bond acceptors (Lipinski definition) is 2. The molecular formula is C17H28OS. The van der Waals surface area contributed by atoms with E-state index in [0.717, 1.165) is 24.9 Å². The summed E-state index contributed by atoms with van der Waals surface area (Å²) in [5, 5.41) is 0. The molecule has 0 heterocycles. The second-order valence-electron chi connectivity index (χ2n) is 5.24. The molecule has 0 spiro atoms. The summed E-state index contributed by atoms with van der Waals surface area (Å²) in [6, 6.07) is 10.6. The SMILES string of the molecule is CCCCC(CC)COCC(CS)c1ccccc1. The van der Waals surface area contributed by atoms with Crippen LogP contribution in [0.1, 0.15) is 51.0 Å².